The molecule has 27 heavy (non-hydrogen) atoms. The number of hydrogen-bond donors (Lipinski definition) is 2. The largest absolute Gasteiger partial charge is 0.353 e. The number of nitrogens with zero attached hydrogens (tertiary/aromatic N) is 3. The minimum atomic E-state index is -0.255. The maximum Gasteiger partial charge on any atom is 0.319 e. The minimum Gasteiger partial charge on any atom is -0.353 e. The van der Waals surface area contributed by atoms with Gasteiger partial charge in [0.1, 0.15) is 5.82 Å². The van der Waals surface area contributed by atoms with E-state index in [1.165, 1.54) is 0 Å². The number of urea groups is 1. The molecule has 2 aromatic rings. The first-order valence-corrected chi connectivity index (χ1v) is 9.16. The molecule has 1 saturated heterocycles. The van der Waals surface area contributed by atoms with Gasteiger partial charge in [0.05, 0.1) is 0 Å². The lowest BCUT2D eigenvalue weighted by Crippen LogP contribution is -2.49. The Morgan fingerprint density at radius 3 is 2.30 bits per heavy atom. The molecule has 7 heteroatoms. The SMILES string of the molecule is CC(C)NC(=O)Nc1ccc(C(=O)N2CCN(c3ccccn3)CC2)cc1. The summed E-state index contributed by atoms with van der Waals surface area (Å²) in [7, 11) is 0. The predicted molar refractivity (Wildman–Crippen MR) is 106 cm³/mol. The second kappa shape index (κ2) is 8.53. The standard InChI is InChI=1S/C20H25N5O2/c1-15(2)22-20(27)23-17-8-6-16(7-9-17)19(26)25-13-11-24(12-14-25)18-5-3-4-10-21-18/h3-10,15H,11-14H2,1-2H3,(H2,22,23,27). The molecule has 1 fully saturated rings. The van der Waals surface area contributed by atoms with E-state index in [-0.39, 0.29) is 18.0 Å². The summed E-state index contributed by atoms with van der Waals surface area (Å²) in [6.45, 7) is 6.64. The van der Waals surface area contributed by atoms with Gasteiger partial charge in [-0.1, -0.05) is 6.07 Å². The van der Waals surface area contributed by atoms with Crippen molar-refractivity contribution in [3.8, 4) is 0 Å². The summed E-state index contributed by atoms with van der Waals surface area (Å²) in [4.78, 5) is 32.8. The molecule has 7 nitrogen and oxygen atoms in total. The Hall–Kier alpha value is -3.09. The third-order valence-electron chi connectivity index (χ3n) is 4.35. The molecule has 0 bridgehead atoms. The van der Waals surface area contributed by atoms with Crippen LogP contribution < -0.4 is 15.5 Å². The van der Waals surface area contributed by atoms with Gasteiger partial charge >= 0.3 is 6.03 Å². The molecule has 1 aliphatic rings. The van der Waals surface area contributed by atoms with Gasteiger partial charge in [0.2, 0.25) is 0 Å². The molecule has 0 unspecified atom stereocenters. The van der Waals surface area contributed by atoms with Gasteiger partial charge in [-0.05, 0) is 50.2 Å². The van der Waals surface area contributed by atoms with E-state index in [0.717, 1.165) is 18.9 Å². The Labute approximate surface area is 159 Å². The van der Waals surface area contributed by atoms with Crippen LogP contribution in [0.3, 0.4) is 0 Å². The number of amides is 3. The van der Waals surface area contributed by atoms with Crippen LogP contribution in [0.15, 0.2) is 48.7 Å². The van der Waals surface area contributed by atoms with E-state index in [0.29, 0.717) is 24.3 Å². The number of rotatable bonds is 4. The number of anilines is 2. The lowest BCUT2D eigenvalue weighted by molar-refractivity contribution is 0.0746. The van der Waals surface area contributed by atoms with E-state index in [2.05, 4.69) is 20.5 Å². The smallest absolute Gasteiger partial charge is 0.319 e. The van der Waals surface area contributed by atoms with Crippen LogP contribution in [0.1, 0.15) is 24.2 Å². The summed E-state index contributed by atoms with van der Waals surface area (Å²) < 4.78 is 0. The van der Waals surface area contributed by atoms with Gasteiger partial charge in [-0.2, -0.15) is 0 Å². The second-order valence-electron chi connectivity index (χ2n) is 6.80. The highest BCUT2D eigenvalue weighted by Gasteiger charge is 2.22. The molecular weight excluding hydrogens is 342 g/mol. The zero-order chi connectivity index (χ0) is 19.2. The quantitative estimate of drug-likeness (QED) is 0.871. The highest BCUT2D eigenvalue weighted by atomic mass is 16.2. The Morgan fingerprint density at radius 2 is 1.70 bits per heavy atom. The van der Waals surface area contributed by atoms with Crippen LogP contribution in [0.25, 0.3) is 0 Å². The lowest BCUT2D eigenvalue weighted by Gasteiger charge is -2.35. The third-order valence-corrected chi connectivity index (χ3v) is 4.35. The van der Waals surface area contributed by atoms with Gasteiger partial charge in [0.25, 0.3) is 5.91 Å². The zero-order valence-electron chi connectivity index (χ0n) is 15.7. The van der Waals surface area contributed by atoms with E-state index in [4.69, 9.17) is 0 Å². The number of pyridine rings is 1. The molecule has 2 N–H and O–H groups in total. The Kier molecular flexibility index (Phi) is 5.90. The van der Waals surface area contributed by atoms with Crippen LogP contribution in [0.5, 0.6) is 0 Å². The molecule has 1 aromatic heterocycles. The Bertz CT molecular complexity index is 769. The molecule has 3 amide bonds. The average molecular weight is 367 g/mol. The van der Waals surface area contributed by atoms with Gasteiger partial charge in [0, 0.05) is 49.7 Å². The Balaban J connectivity index is 1.55. The molecular formula is C20H25N5O2. The third kappa shape index (κ3) is 4.97. The number of carbonyl (C=O) groups is 2. The van der Waals surface area contributed by atoms with Crippen molar-refractivity contribution in [2.45, 2.75) is 19.9 Å². The summed E-state index contributed by atoms with van der Waals surface area (Å²) >= 11 is 0. The summed E-state index contributed by atoms with van der Waals surface area (Å²) in [5.74, 6) is 0.952. The first-order valence-electron chi connectivity index (χ1n) is 9.16. The van der Waals surface area contributed by atoms with Crippen molar-refractivity contribution in [2.75, 3.05) is 36.4 Å². The summed E-state index contributed by atoms with van der Waals surface area (Å²) in [6.07, 6.45) is 1.78. The molecule has 0 saturated carbocycles. The van der Waals surface area contributed by atoms with Crippen LogP contribution in [-0.2, 0) is 0 Å². The van der Waals surface area contributed by atoms with Crippen molar-refractivity contribution in [1.82, 2.24) is 15.2 Å². The van der Waals surface area contributed by atoms with Crippen LogP contribution in [0.4, 0.5) is 16.3 Å². The molecule has 0 atom stereocenters. The molecule has 1 aliphatic heterocycles. The zero-order valence-corrected chi connectivity index (χ0v) is 15.7. The van der Waals surface area contributed by atoms with Crippen LogP contribution >= 0.6 is 0 Å². The molecule has 1 aromatic carbocycles. The fraction of sp³-hybridized carbons (Fsp3) is 0.350. The summed E-state index contributed by atoms with van der Waals surface area (Å²) in [5, 5.41) is 5.52. The fourth-order valence-electron chi connectivity index (χ4n) is 2.99. The number of carbonyl (C=O) groups excluding carboxylic acids is 2. The average Bonchev–Trinajstić information content (AvgIpc) is 2.68. The van der Waals surface area contributed by atoms with Crippen molar-refractivity contribution >= 4 is 23.4 Å². The van der Waals surface area contributed by atoms with Gasteiger partial charge in [0.15, 0.2) is 0 Å². The van der Waals surface area contributed by atoms with E-state index >= 15 is 0 Å². The molecule has 2 heterocycles. The van der Waals surface area contributed by atoms with Crippen LogP contribution in [0, 0.1) is 0 Å². The summed E-state index contributed by atoms with van der Waals surface area (Å²) in [6, 6.07) is 12.7. The Morgan fingerprint density at radius 1 is 1.00 bits per heavy atom. The van der Waals surface area contributed by atoms with Gasteiger partial charge in [-0.25, -0.2) is 9.78 Å². The fourth-order valence-corrected chi connectivity index (χ4v) is 2.99. The monoisotopic (exact) mass is 367 g/mol. The van der Waals surface area contributed by atoms with Crippen LogP contribution in [-0.4, -0.2) is 54.0 Å². The molecule has 0 radical (unpaired) electrons. The topological polar surface area (TPSA) is 77.6 Å². The normalized spacial score (nSPS) is 14.2. The number of aromatic nitrogens is 1. The maximum atomic E-state index is 12.7. The molecule has 3 rings (SSSR count). The number of nitrogens with one attached hydrogen (secondary N) is 2. The predicted octanol–water partition coefficient (Wildman–Crippen LogP) is 2.57. The first-order chi connectivity index (χ1) is 13.0. The van der Waals surface area contributed by atoms with Crippen molar-refractivity contribution in [3.05, 3.63) is 54.2 Å². The van der Waals surface area contributed by atoms with E-state index in [1.807, 2.05) is 36.9 Å². The van der Waals surface area contributed by atoms with E-state index in [1.54, 1.807) is 30.5 Å². The number of piperazine rings is 1. The van der Waals surface area contributed by atoms with Crippen molar-refractivity contribution < 1.29 is 9.59 Å². The highest BCUT2D eigenvalue weighted by Crippen LogP contribution is 2.16. The first kappa shape index (κ1) is 18.7. The second-order valence-corrected chi connectivity index (χ2v) is 6.80. The van der Waals surface area contributed by atoms with Crippen molar-refractivity contribution in [1.29, 1.82) is 0 Å². The van der Waals surface area contributed by atoms with Crippen LogP contribution in [0.2, 0.25) is 0 Å². The highest BCUT2D eigenvalue weighted by molar-refractivity contribution is 5.95. The van der Waals surface area contributed by atoms with Gasteiger partial charge < -0.3 is 20.4 Å². The van der Waals surface area contributed by atoms with E-state index in [9.17, 15) is 9.59 Å². The van der Waals surface area contributed by atoms with Gasteiger partial charge in [-0.15, -0.1) is 0 Å². The molecule has 0 spiro atoms. The summed E-state index contributed by atoms with van der Waals surface area (Å²) in [5.41, 5.74) is 1.28. The van der Waals surface area contributed by atoms with Gasteiger partial charge in [-0.3, -0.25) is 4.79 Å². The molecule has 0 aliphatic carbocycles. The number of benzene rings is 1. The maximum absolute atomic E-state index is 12.7. The number of hydrogen-bond acceptors (Lipinski definition) is 4. The van der Waals surface area contributed by atoms with E-state index < -0.39 is 0 Å². The van der Waals surface area contributed by atoms with Crippen molar-refractivity contribution in [3.63, 3.8) is 0 Å². The van der Waals surface area contributed by atoms with Crippen molar-refractivity contribution in [2.24, 2.45) is 0 Å². The lowest BCUT2D eigenvalue weighted by atomic mass is 10.1. The molecule has 142 valence electrons. The minimum absolute atomic E-state index is 0.00820.